The van der Waals surface area contributed by atoms with Crippen LogP contribution in [0.5, 0.6) is 5.88 Å². The second kappa shape index (κ2) is 3.45. The molecule has 0 aromatic carbocycles. The Kier molecular flexibility index (Phi) is 2.09. The summed E-state index contributed by atoms with van der Waals surface area (Å²) in [6, 6.07) is 3.55. The molecule has 3 heterocycles. The van der Waals surface area contributed by atoms with E-state index >= 15 is 0 Å². The smallest absolute Gasteiger partial charge is 0.214 e. The summed E-state index contributed by atoms with van der Waals surface area (Å²) in [5, 5.41) is 3.39. The number of hydrogen-bond donors (Lipinski definition) is 1. The van der Waals surface area contributed by atoms with Gasteiger partial charge in [0.05, 0.1) is 6.20 Å². The van der Waals surface area contributed by atoms with Crippen LogP contribution in [-0.4, -0.2) is 17.3 Å². The lowest BCUT2D eigenvalue weighted by molar-refractivity contribution is 0.0124. The number of pyridine rings is 1. The van der Waals surface area contributed by atoms with Gasteiger partial charge in [0, 0.05) is 18.5 Å². The Morgan fingerprint density at radius 2 is 2.20 bits per heavy atom. The van der Waals surface area contributed by atoms with Crippen LogP contribution in [0.1, 0.15) is 19.3 Å². The van der Waals surface area contributed by atoms with Gasteiger partial charge in [-0.05, 0) is 24.8 Å². The third-order valence-corrected chi connectivity index (χ3v) is 3.17. The summed E-state index contributed by atoms with van der Waals surface area (Å²) in [7, 11) is 0. The molecule has 1 aromatic rings. The average Bonchev–Trinajstić information content (AvgIpc) is 2.21. The molecule has 3 fully saturated rings. The Labute approximate surface area is 87.7 Å². The number of aromatic nitrogens is 1. The van der Waals surface area contributed by atoms with Crippen molar-refractivity contribution in [3.05, 3.63) is 24.1 Å². The Morgan fingerprint density at radius 3 is 2.80 bits per heavy atom. The summed E-state index contributed by atoms with van der Waals surface area (Å²) < 4.78 is 18.2. The lowest BCUT2D eigenvalue weighted by Gasteiger charge is -2.45. The van der Waals surface area contributed by atoms with Gasteiger partial charge in [-0.15, -0.1) is 0 Å². The van der Waals surface area contributed by atoms with Crippen LogP contribution in [0.15, 0.2) is 18.3 Å². The molecule has 1 N–H and O–H groups in total. The molecule has 0 radical (unpaired) electrons. The van der Waals surface area contributed by atoms with Crippen molar-refractivity contribution < 1.29 is 9.13 Å². The summed E-state index contributed by atoms with van der Waals surface area (Å²) in [6.45, 7) is 0. The predicted molar refractivity (Wildman–Crippen MR) is 52.9 cm³/mol. The van der Waals surface area contributed by atoms with Gasteiger partial charge in [0.25, 0.3) is 0 Å². The number of ether oxygens (including phenoxy) is 1. The Morgan fingerprint density at radius 1 is 1.33 bits per heavy atom. The van der Waals surface area contributed by atoms with Gasteiger partial charge < -0.3 is 4.74 Å². The first-order valence-corrected chi connectivity index (χ1v) is 5.34. The zero-order valence-electron chi connectivity index (χ0n) is 8.32. The van der Waals surface area contributed by atoms with Crippen LogP contribution in [0.3, 0.4) is 0 Å². The van der Waals surface area contributed by atoms with E-state index in [9.17, 15) is 4.39 Å². The largest absolute Gasteiger partial charge is 0.459 e. The highest BCUT2D eigenvalue weighted by molar-refractivity contribution is 5.11. The van der Waals surface area contributed by atoms with Crippen molar-refractivity contribution >= 4 is 0 Å². The molecule has 15 heavy (non-hydrogen) atoms. The maximum Gasteiger partial charge on any atom is 0.214 e. The van der Waals surface area contributed by atoms with E-state index in [0.717, 1.165) is 12.3 Å². The molecule has 1 aliphatic carbocycles. The molecular formula is C11H13FN2O. The maximum atomic E-state index is 12.6. The van der Waals surface area contributed by atoms with Crippen molar-refractivity contribution in [1.29, 1.82) is 0 Å². The number of rotatable bonds is 2. The summed E-state index contributed by atoms with van der Waals surface area (Å²) in [5.74, 6) is 0.971. The molecule has 1 unspecified atom stereocenters. The molecule has 2 saturated heterocycles. The summed E-state index contributed by atoms with van der Waals surface area (Å²) in [4.78, 5) is 3.88. The van der Waals surface area contributed by atoms with Gasteiger partial charge in [0.15, 0.2) is 6.23 Å². The lowest BCUT2D eigenvalue weighted by atomic mass is 9.74. The summed E-state index contributed by atoms with van der Waals surface area (Å²) in [5.41, 5.74) is 0. The van der Waals surface area contributed by atoms with Crippen LogP contribution >= 0.6 is 0 Å². The van der Waals surface area contributed by atoms with Crippen molar-refractivity contribution in [2.24, 2.45) is 5.92 Å². The van der Waals surface area contributed by atoms with E-state index in [1.807, 2.05) is 0 Å². The molecule has 3 aliphatic rings. The highest BCUT2D eigenvalue weighted by Gasteiger charge is 2.38. The second-order valence-electron chi connectivity index (χ2n) is 4.36. The van der Waals surface area contributed by atoms with E-state index in [1.54, 1.807) is 6.07 Å². The van der Waals surface area contributed by atoms with Crippen LogP contribution in [0.2, 0.25) is 0 Å². The van der Waals surface area contributed by atoms with Crippen molar-refractivity contribution in [2.75, 3.05) is 0 Å². The number of piperidine rings is 2. The van der Waals surface area contributed by atoms with Gasteiger partial charge in [0.2, 0.25) is 5.88 Å². The van der Waals surface area contributed by atoms with Gasteiger partial charge in [0.1, 0.15) is 5.82 Å². The molecule has 80 valence electrons. The van der Waals surface area contributed by atoms with Crippen LogP contribution in [0.25, 0.3) is 0 Å². The third-order valence-electron chi connectivity index (χ3n) is 3.17. The zero-order valence-corrected chi connectivity index (χ0v) is 8.32. The van der Waals surface area contributed by atoms with E-state index in [2.05, 4.69) is 10.3 Å². The van der Waals surface area contributed by atoms with Crippen molar-refractivity contribution in [3.63, 3.8) is 0 Å². The zero-order chi connectivity index (χ0) is 10.3. The van der Waals surface area contributed by atoms with Gasteiger partial charge in [-0.2, -0.15) is 0 Å². The quantitative estimate of drug-likeness (QED) is 0.803. The first-order chi connectivity index (χ1) is 7.29. The number of fused-ring (bicyclic) bond motifs is 2. The fourth-order valence-corrected chi connectivity index (χ4v) is 2.36. The van der Waals surface area contributed by atoms with Crippen molar-refractivity contribution in [3.8, 4) is 5.88 Å². The SMILES string of the molecule is Fc1ccc(OC2CC3CC(C3)N2)nc1. The topological polar surface area (TPSA) is 34.1 Å². The number of nitrogens with zero attached hydrogens (tertiary/aromatic N) is 1. The van der Waals surface area contributed by atoms with E-state index in [1.165, 1.54) is 25.1 Å². The molecule has 2 bridgehead atoms. The molecule has 4 heteroatoms. The first kappa shape index (κ1) is 9.09. The van der Waals surface area contributed by atoms with Crippen LogP contribution in [-0.2, 0) is 0 Å². The fraction of sp³-hybridized carbons (Fsp3) is 0.545. The number of halogens is 1. The number of hydrogen-bond acceptors (Lipinski definition) is 3. The van der Waals surface area contributed by atoms with Gasteiger partial charge >= 0.3 is 0 Å². The first-order valence-electron chi connectivity index (χ1n) is 5.34. The van der Waals surface area contributed by atoms with E-state index in [0.29, 0.717) is 11.9 Å². The van der Waals surface area contributed by atoms with Crippen LogP contribution in [0, 0.1) is 11.7 Å². The number of nitrogens with one attached hydrogen (secondary N) is 1. The van der Waals surface area contributed by atoms with E-state index < -0.39 is 0 Å². The highest BCUT2D eigenvalue weighted by Crippen LogP contribution is 2.36. The van der Waals surface area contributed by atoms with Crippen LogP contribution < -0.4 is 10.1 Å². The van der Waals surface area contributed by atoms with E-state index in [4.69, 9.17) is 4.74 Å². The molecular weight excluding hydrogens is 195 g/mol. The minimum absolute atomic E-state index is 0.0560. The normalized spacial score (nSPS) is 33.3. The molecule has 4 rings (SSSR count). The van der Waals surface area contributed by atoms with Crippen molar-refractivity contribution in [2.45, 2.75) is 31.5 Å². The predicted octanol–water partition coefficient (Wildman–Crippen LogP) is 1.70. The minimum atomic E-state index is -0.332. The van der Waals surface area contributed by atoms with Gasteiger partial charge in [-0.1, -0.05) is 0 Å². The molecule has 3 nitrogen and oxygen atoms in total. The van der Waals surface area contributed by atoms with Gasteiger partial charge in [-0.25, -0.2) is 9.37 Å². The average molecular weight is 208 g/mol. The Bertz CT molecular complexity index is 338. The van der Waals surface area contributed by atoms with E-state index in [-0.39, 0.29) is 12.0 Å². The molecule has 2 aliphatic heterocycles. The lowest BCUT2D eigenvalue weighted by Crippen LogP contribution is -2.56. The second-order valence-corrected chi connectivity index (χ2v) is 4.36. The Hall–Kier alpha value is -1.16. The summed E-state index contributed by atoms with van der Waals surface area (Å²) >= 11 is 0. The molecule has 1 saturated carbocycles. The Balaban J connectivity index is 1.63. The fourth-order valence-electron chi connectivity index (χ4n) is 2.36. The monoisotopic (exact) mass is 208 g/mol. The van der Waals surface area contributed by atoms with Crippen molar-refractivity contribution in [1.82, 2.24) is 10.3 Å². The standard InChI is InChI=1S/C11H13FN2O/c12-8-1-2-10(13-6-8)15-11-5-7-3-9(4-7)14-11/h1-2,6-7,9,11,14H,3-5H2. The maximum absolute atomic E-state index is 12.6. The third kappa shape index (κ3) is 1.81. The molecule has 1 atom stereocenters. The van der Waals surface area contributed by atoms with Crippen LogP contribution in [0.4, 0.5) is 4.39 Å². The highest BCUT2D eigenvalue weighted by atomic mass is 19.1. The minimum Gasteiger partial charge on any atom is -0.459 e. The molecule has 0 amide bonds. The summed E-state index contributed by atoms with van der Waals surface area (Å²) in [6.07, 6.45) is 4.82. The van der Waals surface area contributed by atoms with Gasteiger partial charge in [-0.3, -0.25) is 5.32 Å². The molecule has 1 aromatic heterocycles. The molecule has 0 spiro atoms.